The summed E-state index contributed by atoms with van der Waals surface area (Å²) < 4.78 is 0.992. The fraction of sp³-hybridized carbons (Fsp3) is 0.500. The van der Waals surface area contributed by atoms with Gasteiger partial charge in [0.2, 0.25) is 11.8 Å². The monoisotopic (exact) mass is 352 g/mol. The van der Waals surface area contributed by atoms with Crippen LogP contribution < -0.4 is 10.2 Å². The zero-order valence-corrected chi connectivity index (χ0v) is 14.4. The fourth-order valence-corrected chi connectivity index (χ4v) is 2.84. The van der Waals surface area contributed by atoms with E-state index in [0.717, 1.165) is 15.7 Å². The molecule has 0 bridgehead atoms. The maximum Gasteiger partial charge on any atom is 0.250 e. The van der Waals surface area contributed by atoms with Crippen molar-refractivity contribution in [2.45, 2.75) is 46.2 Å². The molecule has 0 aromatic heterocycles. The maximum absolute atomic E-state index is 12.7. The van der Waals surface area contributed by atoms with Crippen molar-refractivity contribution in [1.82, 2.24) is 5.32 Å². The normalized spacial score (nSPS) is 22.7. The highest BCUT2D eigenvalue weighted by molar-refractivity contribution is 9.10. The smallest absolute Gasteiger partial charge is 0.250 e. The molecular formula is C16H21BrN2O2. The first-order valence-corrected chi connectivity index (χ1v) is 8.00. The third-order valence-corrected chi connectivity index (χ3v) is 4.64. The Balaban J connectivity index is 2.36. The molecular weight excluding hydrogens is 332 g/mol. The van der Waals surface area contributed by atoms with E-state index in [4.69, 9.17) is 0 Å². The molecule has 2 atom stereocenters. The Morgan fingerprint density at radius 3 is 2.57 bits per heavy atom. The van der Waals surface area contributed by atoms with Gasteiger partial charge in [0.25, 0.3) is 0 Å². The Morgan fingerprint density at radius 2 is 2.00 bits per heavy atom. The van der Waals surface area contributed by atoms with Gasteiger partial charge in [-0.25, -0.2) is 0 Å². The number of carbonyl (C=O) groups is 2. The standard InChI is InChI=1S/C16H21BrN2O2/c1-9(2)7-14-16(21)19(11(4)15(20)18-14)12-5-6-13(17)10(3)8-12/h5-6,8-9,11,14H,7H2,1-4H3,(H,18,20). The summed E-state index contributed by atoms with van der Waals surface area (Å²) in [6.45, 7) is 7.83. The molecule has 2 amide bonds. The Kier molecular flexibility index (Phi) is 4.71. The summed E-state index contributed by atoms with van der Waals surface area (Å²) in [5.41, 5.74) is 1.82. The predicted molar refractivity (Wildman–Crippen MR) is 87.2 cm³/mol. The SMILES string of the molecule is Cc1cc(N2C(=O)C(CC(C)C)NC(=O)C2C)ccc1Br. The van der Waals surface area contributed by atoms with Crippen molar-refractivity contribution in [3.8, 4) is 0 Å². The Morgan fingerprint density at radius 1 is 1.33 bits per heavy atom. The number of benzene rings is 1. The zero-order chi connectivity index (χ0) is 15.7. The van der Waals surface area contributed by atoms with Crippen LogP contribution in [0.5, 0.6) is 0 Å². The Labute approximate surface area is 134 Å². The molecule has 0 aliphatic carbocycles. The minimum Gasteiger partial charge on any atom is -0.342 e. The molecule has 1 heterocycles. The minimum absolute atomic E-state index is 0.0301. The van der Waals surface area contributed by atoms with Gasteiger partial charge in [-0.3, -0.25) is 14.5 Å². The van der Waals surface area contributed by atoms with Crippen molar-refractivity contribution in [1.29, 1.82) is 0 Å². The second-order valence-corrected chi connectivity index (χ2v) is 6.86. The first-order valence-electron chi connectivity index (χ1n) is 7.21. The second kappa shape index (κ2) is 6.18. The second-order valence-electron chi connectivity index (χ2n) is 6.01. The molecule has 1 aliphatic heterocycles. The molecule has 1 aromatic carbocycles. The predicted octanol–water partition coefficient (Wildman–Crippen LogP) is 3.02. The summed E-state index contributed by atoms with van der Waals surface area (Å²) >= 11 is 3.46. The third-order valence-electron chi connectivity index (χ3n) is 3.75. The van der Waals surface area contributed by atoms with E-state index in [9.17, 15) is 9.59 Å². The van der Waals surface area contributed by atoms with Gasteiger partial charge in [0, 0.05) is 10.2 Å². The molecule has 0 radical (unpaired) electrons. The van der Waals surface area contributed by atoms with Crippen LogP contribution >= 0.6 is 15.9 Å². The minimum atomic E-state index is -0.485. The number of aryl methyl sites for hydroxylation is 1. The molecule has 1 N–H and O–H groups in total. The maximum atomic E-state index is 12.7. The number of amides is 2. The third kappa shape index (κ3) is 3.28. The van der Waals surface area contributed by atoms with Crippen molar-refractivity contribution in [3.63, 3.8) is 0 Å². The van der Waals surface area contributed by atoms with Crippen LogP contribution in [0.25, 0.3) is 0 Å². The lowest BCUT2D eigenvalue weighted by Crippen LogP contribution is -2.63. The molecule has 1 saturated heterocycles. The van der Waals surface area contributed by atoms with Crippen molar-refractivity contribution in [2.24, 2.45) is 5.92 Å². The topological polar surface area (TPSA) is 49.4 Å². The summed E-state index contributed by atoms with van der Waals surface area (Å²) in [4.78, 5) is 26.5. The van der Waals surface area contributed by atoms with Crippen LogP contribution in [-0.2, 0) is 9.59 Å². The van der Waals surface area contributed by atoms with E-state index < -0.39 is 12.1 Å². The van der Waals surface area contributed by atoms with E-state index in [2.05, 4.69) is 21.2 Å². The van der Waals surface area contributed by atoms with Gasteiger partial charge in [0.15, 0.2) is 0 Å². The number of hydrogen-bond donors (Lipinski definition) is 1. The molecule has 2 unspecified atom stereocenters. The Hall–Kier alpha value is -1.36. The largest absolute Gasteiger partial charge is 0.342 e. The number of halogens is 1. The number of piperazine rings is 1. The van der Waals surface area contributed by atoms with Gasteiger partial charge < -0.3 is 5.32 Å². The molecule has 5 heteroatoms. The van der Waals surface area contributed by atoms with E-state index in [1.807, 2.05) is 39.0 Å². The average Bonchev–Trinajstić information content (AvgIpc) is 2.40. The van der Waals surface area contributed by atoms with Crippen molar-refractivity contribution >= 4 is 33.4 Å². The van der Waals surface area contributed by atoms with Gasteiger partial charge >= 0.3 is 0 Å². The molecule has 21 heavy (non-hydrogen) atoms. The van der Waals surface area contributed by atoms with Gasteiger partial charge in [-0.15, -0.1) is 0 Å². The van der Waals surface area contributed by atoms with E-state index >= 15 is 0 Å². The summed E-state index contributed by atoms with van der Waals surface area (Å²) in [6, 6.07) is 4.80. The molecule has 0 spiro atoms. The van der Waals surface area contributed by atoms with Crippen LogP contribution in [0.3, 0.4) is 0 Å². The molecule has 2 rings (SSSR count). The van der Waals surface area contributed by atoms with Crippen LogP contribution in [-0.4, -0.2) is 23.9 Å². The highest BCUT2D eigenvalue weighted by Gasteiger charge is 2.39. The van der Waals surface area contributed by atoms with E-state index in [1.54, 1.807) is 11.8 Å². The van der Waals surface area contributed by atoms with Crippen LogP contribution in [0.2, 0.25) is 0 Å². The molecule has 4 nitrogen and oxygen atoms in total. The first kappa shape index (κ1) is 16.0. The van der Waals surface area contributed by atoms with Gasteiger partial charge in [0.1, 0.15) is 12.1 Å². The Bertz CT molecular complexity index is 571. The zero-order valence-electron chi connectivity index (χ0n) is 12.8. The molecule has 1 aliphatic rings. The molecule has 114 valence electrons. The summed E-state index contributed by atoms with van der Waals surface area (Å²) in [7, 11) is 0. The molecule has 0 saturated carbocycles. The number of carbonyl (C=O) groups excluding carboxylic acids is 2. The lowest BCUT2D eigenvalue weighted by atomic mass is 9.98. The molecule has 1 fully saturated rings. The van der Waals surface area contributed by atoms with E-state index in [1.165, 1.54) is 0 Å². The summed E-state index contributed by atoms with van der Waals surface area (Å²) in [6.07, 6.45) is 0.656. The number of nitrogens with one attached hydrogen (secondary N) is 1. The van der Waals surface area contributed by atoms with Gasteiger partial charge in [0.05, 0.1) is 0 Å². The van der Waals surface area contributed by atoms with Crippen molar-refractivity contribution in [3.05, 3.63) is 28.2 Å². The quantitative estimate of drug-likeness (QED) is 0.908. The highest BCUT2D eigenvalue weighted by atomic mass is 79.9. The van der Waals surface area contributed by atoms with Crippen molar-refractivity contribution < 1.29 is 9.59 Å². The summed E-state index contributed by atoms with van der Waals surface area (Å²) in [5, 5.41) is 2.83. The van der Waals surface area contributed by atoms with Crippen LogP contribution in [0, 0.1) is 12.8 Å². The first-order chi connectivity index (χ1) is 9.81. The molecule has 1 aromatic rings. The van der Waals surface area contributed by atoms with Crippen molar-refractivity contribution in [2.75, 3.05) is 4.90 Å². The van der Waals surface area contributed by atoms with E-state index in [0.29, 0.717) is 12.3 Å². The van der Waals surface area contributed by atoms with E-state index in [-0.39, 0.29) is 11.8 Å². The van der Waals surface area contributed by atoms with Crippen LogP contribution in [0.15, 0.2) is 22.7 Å². The lowest BCUT2D eigenvalue weighted by molar-refractivity contribution is -0.133. The number of anilines is 1. The van der Waals surface area contributed by atoms with Crippen LogP contribution in [0.4, 0.5) is 5.69 Å². The van der Waals surface area contributed by atoms with Gasteiger partial charge in [-0.05, 0) is 49.9 Å². The average molecular weight is 353 g/mol. The number of rotatable bonds is 3. The number of hydrogen-bond acceptors (Lipinski definition) is 2. The van der Waals surface area contributed by atoms with Crippen LogP contribution in [0.1, 0.15) is 32.8 Å². The highest BCUT2D eigenvalue weighted by Crippen LogP contribution is 2.27. The van der Waals surface area contributed by atoms with Gasteiger partial charge in [-0.2, -0.15) is 0 Å². The number of nitrogens with zero attached hydrogens (tertiary/aromatic N) is 1. The lowest BCUT2D eigenvalue weighted by Gasteiger charge is -2.38. The fourth-order valence-electron chi connectivity index (χ4n) is 2.59. The summed E-state index contributed by atoms with van der Waals surface area (Å²) in [5.74, 6) is 0.222. The van der Waals surface area contributed by atoms with Gasteiger partial charge in [-0.1, -0.05) is 29.8 Å².